The van der Waals surface area contributed by atoms with Crippen molar-refractivity contribution < 1.29 is 56.7 Å². The van der Waals surface area contributed by atoms with Crippen molar-refractivity contribution in [2.45, 2.75) is 49.1 Å². The van der Waals surface area contributed by atoms with Crippen LogP contribution >= 0.6 is 15.6 Å². The summed E-state index contributed by atoms with van der Waals surface area (Å²) in [7, 11) is -10.3. The van der Waals surface area contributed by atoms with E-state index in [0.29, 0.717) is 5.52 Å². The Morgan fingerprint density at radius 1 is 0.870 bits per heavy atom. The summed E-state index contributed by atoms with van der Waals surface area (Å²) in [4.78, 5) is 61.1. The molecule has 0 amide bonds. The Bertz CT molecular complexity index is 2040. The van der Waals surface area contributed by atoms with Crippen LogP contribution in [-0.2, 0) is 36.7 Å². The van der Waals surface area contributed by atoms with Gasteiger partial charge in [-0.05, 0) is 12.1 Å². The Balaban J connectivity index is 1.21. The monoisotopic (exact) mass is 685 g/mol. The van der Waals surface area contributed by atoms with Crippen molar-refractivity contribution in [1.29, 1.82) is 0 Å². The quantitative estimate of drug-likeness (QED) is 0.133. The average Bonchev–Trinajstić information content (AvgIpc) is 3.65. The molecule has 246 valence electrons. The van der Waals surface area contributed by atoms with Crippen LogP contribution in [0.5, 0.6) is 0 Å². The van der Waals surface area contributed by atoms with Gasteiger partial charge in [0.2, 0.25) is 5.95 Å². The molecule has 2 unspecified atom stereocenters. The van der Waals surface area contributed by atoms with Gasteiger partial charge in [-0.1, -0.05) is 12.1 Å². The molecule has 2 bridgehead atoms. The van der Waals surface area contributed by atoms with Gasteiger partial charge in [0.05, 0.1) is 30.4 Å². The molecule has 7 N–H and O–H groups in total. The van der Waals surface area contributed by atoms with Crippen LogP contribution in [0.2, 0.25) is 0 Å². The first-order valence-corrected chi connectivity index (χ1v) is 16.5. The van der Waals surface area contributed by atoms with Gasteiger partial charge in [0, 0.05) is 0 Å². The number of H-pyrrole nitrogens is 1. The van der Waals surface area contributed by atoms with Crippen molar-refractivity contribution in [1.82, 2.24) is 29.1 Å². The van der Waals surface area contributed by atoms with Crippen molar-refractivity contribution in [2.24, 2.45) is 0 Å². The summed E-state index contributed by atoms with van der Waals surface area (Å²) < 4.78 is 60.6. The maximum absolute atomic E-state index is 13.2. The summed E-state index contributed by atoms with van der Waals surface area (Å²) in [6.45, 7) is -1.72. The standard InChI is InChI=1S/C23H25N7O14P2/c24-23-27-18-13(19(33)28-23)26-8-29(18)22-17-14(31)11(41-22)5-39-45(35,36)43-16-12(6-40-46(37,38)44-17)42-21(15(16)32)30-7-25-10-4-2-1-3-9(10)20(30)34/h1-4,7-8,11-12,14-17,21-22,31-32H,5-6H2,(H,35,36)(H,37,38)(H3,24,27,28,33)/t11-,12-,14-,15-,16-,17-,21-,22-/m1/s1. The normalized spacial score (nSPS) is 37.0. The number of aliphatic hydroxyl groups excluding tert-OH is 2. The molecule has 0 spiro atoms. The van der Waals surface area contributed by atoms with E-state index in [1.165, 1.54) is 6.07 Å². The molecule has 10 atom stereocenters. The van der Waals surface area contributed by atoms with Gasteiger partial charge in [0.25, 0.3) is 11.1 Å². The number of fused-ring (bicyclic) bond motifs is 5. The summed E-state index contributed by atoms with van der Waals surface area (Å²) in [6, 6.07) is 6.37. The summed E-state index contributed by atoms with van der Waals surface area (Å²) >= 11 is 0. The molecule has 0 aliphatic carbocycles. The number of phosphoric acid groups is 2. The first-order valence-electron chi connectivity index (χ1n) is 13.5. The number of rotatable bonds is 2. The van der Waals surface area contributed by atoms with E-state index < -0.39 is 89.1 Å². The smallest absolute Gasteiger partial charge is 0.387 e. The fourth-order valence-corrected chi connectivity index (χ4v) is 7.40. The number of benzene rings is 1. The van der Waals surface area contributed by atoms with Crippen LogP contribution in [0.15, 0.2) is 46.5 Å². The second-order valence-corrected chi connectivity index (χ2v) is 13.3. The lowest BCUT2D eigenvalue weighted by atomic mass is 10.1. The molecule has 23 heteroatoms. The number of nitrogens with two attached hydrogens (primary N) is 1. The predicted octanol–water partition coefficient (Wildman–Crippen LogP) is -1.35. The van der Waals surface area contributed by atoms with Gasteiger partial charge in [0.1, 0.15) is 43.0 Å². The highest BCUT2D eigenvalue weighted by Crippen LogP contribution is 2.53. The van der Waals surface area contributed by atoms with Crippen molar-refractivity contribution in [3.05, 3.63) is 57.6 Å². The zero-order valence-corrected chi connectivity index (χ0v) is 24.9. The van der Waals surface area contributed by atoms with Crippen LogP contribution in [0.25, 0.3) is 22.1 Å². The Morgan fingerprint density at radius 2 is 1.52 bits per heavy atom. The fraction of sp³-hybridized carbons (Fsp3) is 0.435. The number of ether oxygens (including phenoxy) is 2. The Labute approximate surface area is 255 Å². The molecule has 1 aromatic carbocycles. The molecule has 7 rings (SSSR count). The van der Waals surface area contributed by atoms with E-state index in [9.17, 15) is 38.7 Å². The number of phosphoric ester groups is 2. The topological polar surface area (TPSA) is 295 Å². The Kier molecular flexibility index (Phi) is 7.71. The molecule has 4 aromatic rings. The summed E-state index contributed by atoms with van der Waals surface area (Å²) in [5.74, 6) is -0.292. The van der Waals surface area contributed by atoms with E-state index in [1.54, 1.807) is 18.2 Å². The van der Waals surface area contributed by atoms with Crippen molar-refractivity contribution in [3.63, 3.8) is 0 Å². The van der Waals surface area contributed by atoms with Crippen LogP contribution in [-0.4, -0.2) is 98.9 Å². The highest BCUT2D eigenvalue weighted by atomic mass is 31.2. The lowest BCUT2D eigenvalue weighted by Gasteiger charge is -2.25. The number of para-hydroxylation sites is 1. The number of nitrogens with one attached hydrogen (secondary N) is 1. The minimum absolute atomic E-state index is 0.139. The largest absolute Gasteiger partial charge is 0.472 e. The number of hydrogen-bond acceptors (Lipinski definition) is 16. The van der Waals surface area contributed by atoms with E-state index >= 15 is 0 Å². The second-order valence-electron chi connectivity index (χ2n) is 10.5. The van der Waals surface area contributed by atoms with Gasteiger partial charge >= 0.3 is 15.6 Å². The van der Waals surface area contributed by atoms with Crippen LogP contribution < -0.4 is 16.9 Å². The number of anilines is 1. The molecule has 3 aromatic heterocycles. The molecule has 0 radical (unpaired) electrons. The van der Waals surface area contributed by atoms with E-state index in [4.69, 9.17) is 33.3 Å². The van der Waals surface area contributed by atoms with Gasteiger partial charge in [0.15, 0.2) is 23.6 Å². The Hall–Kier alpha value is -3.43. The minimum atomic E-state index is -5.15. The second kappa shape index (κ2) is 11.4. The van der Waals surface area contributed by atoms with E-state index in [1.807, 2.05) is 0 Å². The number of imidazole rings is 1. The minimum Gasteiger partial charge on any atom is -0.387 e. The number of nitrogens with zero attached hydrogens (tertiary/aromatic N) is 5. The Morgan fingerprint density at radius 3 is 2.28 bits per heavy atom. The molecule has 3 saturated heterocycles. The summed E-state index contributed by atoms with van der Waals surface area (Å²) in [5, 5.41) is 22.3. The molecule has 0 saturated carbocycles. The maximum Gasteiger partial charge on any atom is 0.472 e. The van der Waals surface area contributed by atoms with Crippen molar-refractivity contribution in [2.75, 3.05) is 18.9 Å². The van der Waals surface area contributed by atoms with Gasteiger partial charge in [-0.2, -0.15) is 4.98 Å². The molecular formula is C23H25N7O14P2. The van der Waals surface area contributed by atoms with Crippen LogP contribution in [0.3, 0.4) is 0 Å². The van der Waals surface area contributed by atoms with Crippen LogP contribution in [0, 0.1) is 0 Å². The maximum atomic E-state index is 13.2. The molecule has 3 fully saturated rings. The lowest BCUT2D eigenvalue weighted by Crippen LogP contribution is -2.37. The lowest BCUT2D eigenvalue weighted by molar-refractivity contribution is -0.0681. The van der Waals surface area contributed by atoms with Gasteiger partial charge in [-0.15, -0.1) is 0 Å². The molecule has 3 aliphatic rings. The van der Waals surface area contributed by atoms with Gasteiger partial charge in [-0.25, -0.2) is 19.1 Å². The van der Waals surface area contributed by atoms with Crippen LogP contribution in [0.1, 0.15) is 12.5 Å². The summed E-state index contributed by atoms with van der Waals surface area (Å²) in [6.07, 6.45) is -11.0. The average molecular weight is 685 g/mol. The molecule has 3 aliphatic heterocycles. The molecule has 21 nitrogen and oxygen atoms in total. The number of nitrogen functional groups attached to an aromatic ring is 1. The number of aromatic nitrogens is 6. The van der Waals surface area contributed by atoms with Gasteiger partial charge < -0.3 is 35.2 Å². The molecular weight excluding hydrogens is 660 g/mol. The number of hydrogen-bond donors (Lipinski definition) is 6. The third kappa shape index (κ3) is 5.49. The predicted molar refractivity (Wildman–Crippen MR) is 150 cm³/mol. The number of aliphatic hydroxyl groups is 2. The SMILES string of the molecule is Nc1nc2c(ncn2[C@@H]2O[C@@H]3COP(=O)(O)O[C@H]4[C@@H](O)[C@H](n5cnc6ccccc6c5=O)O[C@@H]4COP(=O)(O)O[C@@H]2[C@@H]3O)c(=O)[nH]1. The van der Waals surface area contributed by atoms with E-state index in [0.717, 1.165) is 21.8 Å². The van der Waals surface area contributed by atoms with Gasteiger partial charge in [-0.3, -0.25) is 41.8 Å². The summed E-state index contributed by atoms with van der Waals surface area (Å²) in [5.41, 5.74) is 4.36. The fourth-order valence-electron chi connectivity index (χ4n) is 5.50. The van der Waals surface area contributed by atoms with Crippen LogP contribution in [0.4, 0.5) is 5.95 Å². The zero-order valence-electron chi connectivity index (χ0n) is 23.1. The van der Waals surface area contributed by atoms with E-state index in [2.05, 4.69) is 19.9 Å². The molecule has 6 heterocycles. The molecule has 46 heavy (non-hydrogen) atoms. The van der Waals surface area contributed by atoms with E-state index in [-0.39, 0.29) is 22.5 Å². The van der Waals surface area contributed by atoms with Crippen molar-refractivity contribution in [3.8, 4) is 0 Å². The first kappa shape index (κ1) is 31.2. The zero-order chi connectivity index (χ0) is 32.5. The highest BCUT2D eigenvalue weighted by molar-refractivity contribution is 7.47. The highest BCUT2D eigenvalue weighted by Gasteiger charge is 2.54. The van der Waals surface area contributed by atoms with Crippen molar-refractivity contribution >= 4 is 43.7 Å². The first-order chi connectivity index (χ1) is 21.8. The number of aromatic amines is 1. The third-order valence-electron chi connectivity index (χ3n) is 7.63. The third-order valence-corrected chi connectivity index (χ3v) is 9.60.